The number of carbonyl (C=O) groups excluding carboxylic acids is 2. The van der Waals surface area contributed by atoms with Gasteiger partial charge in [0.1, 0.15) is 0 Å². The lowest BCUT2D eigenvalue weighted by atomic mass is 10.2. The highest BCUT2D eigenvalue weighted by Gasteiger charge is 2.11. The fourth-order valence-electron chi connectivity index (χ4n) is 1.42. The van der Waals surface area contributed by atoms with Gasteiger partial charge in [-0.2, -0.15) is 10.2 Å². The summed E-state index contributed by atoms with van der Waals surface area (Å²) in [4.78, 5) is 22.3. The molecule has 1 aromatic carbocycles. The Hall–Kier alpha value is -2.36. The standard InChI is InChI=1S/C14H12N2O2/c1-10-2-4-11(5-3-10)15-16-12-6-8-13(17)14(18)9-7-12/h2-8H,9H2,1H3. The molecule has 1 aromatic rings. The molecule has 4 nitrogen and oxygen atoms in total. The molecule has 0 fully saturated rings. The van der Waals surface area contributed by atoms with Gasteiger partial charge in [0.25, 0.3) is 0 Å². The predicted molar refractivity (Wildman–Crippen MR) is 67.5 cm³/mol. The molecule has 0 spiro atoms. The van der Waals surface area contributed by atoms with Gasteiger partial charge < -0.3 is 0 Å². The SMILES string of the molecule is Cc1ccc(N=NC2=CCC(=O)C(=O)C=C2)cc1. The third-order valence-electron chi connectivity index (χ3n) is 2.49. The fraction of sp³-hybridized carbons (Fsp3) is 0.143. The highest BCUT2D eigenvalue weighted by molar-refractivity contribution is 6.42. The molecule has 2 rings (SSSR count). The minimum absolute atomic E-state index is 0.0775. The Kier molecular flexibility index (Phi) is 3.57. The third-order valence-corrected chi connectivity index (χ3v) is 2.49. The van der Waals surface area contributed by atoms with Crippen molar-refractivity contribution in [2.45, 2.75) is 13.3 Å². The zero-order valence-corrected chi connectivity index (χ0v) is 9.96. The number of benzene rings is 1. The Morgan fingerprint density at radius 2 is 1.72 bits per heavy atom. The first kappa shape index (κ1) is 12.1. The summed E-state index contributed by atoms with van der Waals surface area (Å²) in [6.45, 7) is 1.99. The van der Waals surface area contributed by atoms with Crippen LogP contribution in [0.15, 0.2) is 58.4 Å². The predicted octanol–water partition coefficient (Wildman–Crippen LogP) is 3.06. The number of nitrogens with zero attached hydrogens (tertiary/aromatic N) is 2. The summed E-state index contributed by atoms with van der Waals surface area (Å²) >= 11 is 0. The minimum atomic E-state index is -0.494. The van der Waals surface area contributed by atoms with Crippen molar-refractivity contribution < 1.29 is 9.59 Å². The van der Waals surface area contributed by atoms with E-state index >= 15 is 0 Å². The number of allylic oxidation sites excluding steroid dienone is 3. The molecule has 1 aliphatic rings. The van der Waals surface area contributed by atoms with E-state index in [4.69, 9.17) is 0 Å². The largest absolute Gasteiger partial charge is 0.290 e. The van der Waals surface area contributed by atoms with E-state index in [0.29, 0.717) is 5.70 Å². The van der Waals surface area contributed by atoms with Crippen molar-refractivity contribution in [2.75, 3.05) is 0 Å². The molecular weight excluding hydrogens is 228 g/mol. The highest BCUT2D eigenvalue weighted by Crippen LogP contribution is 2.16. The van der Waals surface area contributed by atoms with E-state index in [1.807, 2.05) is 31.2 Å². The number of Topliss-reactive ketones (excluding diaryl/α,β-unsaturated/α-hetero) is 1. The first-order chi connectivity index (χ1) is 8.65. The van der Waals surface area contributed by atoms with E-state index < -0.39 is 11.6 Å². The summed E-state index contributed by atoms with van der Waals surface area (Å²) in [6.07, 6.45) is 4.41. The lowest BCUT2D eigenvalue weighted by molar-refractivity contribution is -0.133. The van der Waals surface area contributed by atoms with Crippen molar-refractivity contribution in [3.05, 3.63) is 53.8 Å². The molecule has 0 aromatic heterocycles. The zero-order chi connectivity index (χ0) is 13.0. The maximum atomic E-state index is 11.2. The second-order valence-corrected chi connectivity index (χ2v) is 3.99. The van der Waals surface area contributed by atoms with Crippen LogP contribution in [0.3, 0.4) is 0 Å². The third kappa shape index (κ3) is 3.07. The molecule has 0 bridgehead atoms. The number of rotatable bonds is 2. The summed E-state index contributed by atoms with van der Waals surface area (Å²) in [5, 5.41) is 8.05. The number of carbonyl (C=O) groups is 2. The average Bonchev–Trinajstić information content (AvgIpc) is 2.53. The summed E-state index contributed by atoms with van der Waals surface area (Å²) in [6, 6.07) is 7.60. The zero-order valence-electron chi connectivity index (χ0n) is 9.96. The lowest BCUT2D eigenvalue weighted by Crippen LogP contribution is -2.07. The molecule has 0 saturated heterocycles. The smallest absolute Gasteiger partial charge is 0.221 e. The van der Waals surface area contributed by atoms with Gasteiger partial charge in [0.15, 0.2) is 0 Å². The van der Waals surface area contributed by atoms with Gasteiger partial charge >= 0.3 is 0 Å². The normalized spacial score (nSPS) is 15.9. The van der Waals surface area contributed by atoms with Gasteiger partial charge in [0, 0.05) is 6.42 Å². The number of hydrogen-bond acceptors (Lipinski definition) is 4. The molecule has 0 heterocycles. The summed E-state index contributed by atoms with van der Waals surface area (Å²) in [7, 11) is 0. The first-order valence-corrected chi connectivity index (χ1v) is 5.59. The first-order valence-electron chi connectivity index (χ1n) is 5.59. The number of hydrogen-bond donors (Lipinski definition) is 0. The molecule has 0 atom stereocenters. The number of aryl methyl sites for hydroxylation is 1. The molecule has 1 aliphatic carbocycles. The van der Waals surface area contributed by atoms with Crippen molar-refractivity contribution in [3.63, 3.8) is 0 Å². The molecule has 0 unspecified atom stereocenters. The van der Waals surface area contributed by atoms with Crippen molar-refractivity contribution in [1.29, 1.82) is 0 Å². The Balaban J connectivity index is 2.14. The van der Waals surface area contributed by atoms with Crippen LogP contribution in [0, 0.1) is 6.92 Å². The lowest BCUT2D eigenvalue weighted by Gasteiger charge is -1.94. The molecule has 4 heteroatoms. The molecular formula is C14H12N2O2. The Labute approximate surface area is 105 Å². The van der Waals surface area contributed by atoms with E-state index in [1.54, 1.807) is 6.08 Å². The van der Waals surface area contributed by atoms with Crippen LogP contribution in [0.25, 0.3) is 0 Å². The molecule has 18 heavy (non-hydrogen) atoms. The molecule has 0 saturated carbocycles. The van der Waals surface area contributed by atoms with Gasteiger partial charge in [0.2, 0.25) is 11.6 Å². The van der Waals surface area contributed by atoms with E-state index in [9.17, 15) is 9.59 Å². The van der Waals surface area contributed by atoms with Crippen LogP contribution in [-0.2, 0) is 9.59 Å². The van der Waals surface area contributed by atoms with Gasteiger partial charge in [-0.05, 0) is 37.3 Å². The van der Waals surface area contributed by atoms with Gasteiger partial charge in [-0.1, -0.05) is 17.7 Å². The maximum Gasteiger partial charge on any atom is 0.221 e. The van der Waals surface area contributed by atoms with Gasteiger partial charge in [0.05, 0.1) is 11.4 Å². The van der Waals surface area contributed by atoms with E-state index in [0.717, 1.165) is 11.3 Å². The van der Waals surface area contributed by atoms with E-state index in [-0.39, 0.29) is 6.42 Å². The van der Waals surface area contributed by atoms with Crippen molar-refractivity contribution in [2.24, 2.45) is 10.2 Å². The van der Waals surface area contributed by atoms with Crippen LogP contribution in [-0.4, -0.2) is 11.6 Å². The van der Waals surface area contributed by atoms with Crippen LogP contribution in [0.1, 0.15) is 12.0 Å². The Bertz CT molecular complexity index is 566. The van der Waals surface area contributed by atoms with E-state index in [1.165, 1.54) is 12.2 Å². The number of ketones is 2. The second-order valence-electron chi connectivity index (χ2n) is 3.99. The molecule has 0 amide bonds. The maximum absolute atomic E-state index is 11.2. The fourth-order valence-corrected chi connectivity index (χ4v) is 1.42. The van der Waals surface area contributed by atoms with Gasteiger partial charge in [-0.3, -0.25) is 9.59 Å². The Morgan fingerprint density at radius 3 is 2.44 bits per heavy atom. The van der Waals surface area contributed by atoms with Crippen molar-refractivity contribution >= 4 is 17.3 Å². The van der Waals surface area contributed by atoms with Crippen LogP contribution in [0.4, 0.5) is 5.69 Å². The van der Waals surface area contributed by atoms with Crippen LogP contribution >= 0.6 is 0 Å². The van der Waals surface area contributed by atoms with Gasteiger partial charge in [-0.25, -0.2) is 0 Å². The molecule has 0 N–H and O–H groups in total. The minimum Gasteiger partial charge on any atom is -0.290 e. The quantitative estimate of drug-likeness (QED) is 0.589. The highest BCUT2D eigenvalue weighted by atomic mass is 16.2. The second kappa shape index (κ2) is 5.31. The van der Waals surface area contributed by atoms with Crippen LogP contribution in [0.5, 0.6) is 0 Å². The summed E-state index contributed by atoms with van der Waals surface area (Å²) in [5.74, 6) is -0.918. The summed E-state index contributed by atoms with van der Waals surface area (Å²) in [5.41, 5.74) is 2.41. The molecule has 90 valence electrons. The van der Waals surface area contributed by atoms with Crippen LogP contribution in [0.2, 0.25) is 0 Å². The molecule has 0 aliphatic heterocycles. The van der Waals surface area contributed by atoms with Crippen molar-refractivity contribution in [3.8, 4) is 0 Å². The summed E-state index contributed by atoms with van der Waals surface area (Å²) < 4.78 is 0. The molecule has 0 radical (unpaired) electrons. The Morgan fingerprint density at radius 1 is 1.00 bits per heavy atom. The topological polar surface area (TPSA) is 58.9 Å². The van der Waals surface area contributed by atoms with E-state index in [2.05, 4.69) is 10.2 Å². The van der Waals surface area contributed by atoms with Crippen molar-refractivity contribution in [1.82, 2.24) is 0 Å². The van der Waals surface area contributed by atoms with Crippen LogP contribution < -0.4 is 0 Å². The average molecular weight is 240 g/mol. The van der Waals surface area contributed by atoms with Gasteiger partial charge in [-0.15, -0.1) is 0 Å². The monoisotopic (exact) mass is 240 g/mol. The number of azo groups is 1.